The maximum atomic E-state index is 5.74. The van der Waals surface area contributed by atoms with Crippen LogP contribution in [0, 0.1) is 35.0 Å². The third kappa shape index (κ3) is 1.05. The van der Waals surface area contributed by atoms with Gasteiger partial charge in [0, 0.05) is 0 Å². The van der Waals surface area contributed by atoms with Crippen LogP contribution in [-0.4, -0.2) is 6.54 Å². The van der Waals surface area contributed by atoms with E-state index in [4.69, 9.17) is 5.73 Å². The molecule has 14 heavy (non-hydrogen) atoms. The lowest BCUT2D eigenvalue weighted by molar-refractivity contribution is 0.206. The largest absolute Gasteiger partial charge is 0.330 e. The molecule has 0 spiro atoms. The topological polar surface area (TPSA) is 26.0 Å². The molecule has 2 N–H and O–H groups in total. The van der Waals surface area contributed by atoms with Gasteiger partial charge in [0.2, 0.25) is 0 Å². The van der Waals surface area contributed by atoms with Gasteiger partial charge in [-0.15, -0.1) is 0 Å². The molecule has 1 heteroatoms. The van der Waals surface area contributed by atoms with Crippen molar-refractivity contribution >= 4 is 0 Å². The summed E-state index contributed by atoms with van der Waals surface area (Å²) in [6.45, 7) is 10.6. The smallest absolute Gasteiger partial charge is 0.00744 e. The summed E-state index contributed by atoms with van der Waals surface area (Å²) >= 11 is 0. The van der Waals surface area contributed by atoms with Crippen molar-refractivity contribution in [3.8, 4) is 0 Å². The number of hydrogen-bond donors (Lipinski definition) is 1. The van der Waals surface area contributed by atoms with E-state index in [-0.39, 0.29) is 0 Å². The monoisotopic (exact) mass is 195 g/mol. The molecule has 2 saturated carbocycles. The third-order valence-corrected chi connectivity index (χ3v) is 5.29. The zero-order chi connectivity index (χ0) is 10.5. The van der Waals surface area contributed by atoms with E-state index in [0.29, 0.717) is 5.41 Å². The van der Waals surface area contributed by atoms with E-state index in [9.17, 15) is 0 Å². The zero-order valence-corrected chi connectivity index (χ0v) is 10.1. The second-order valence-corrected chi connectivity index (χ2v) is 5.96. The first-order chi connectivity index (χ1) is 6.56. The first-order valence-electron chi connectivity index (χ1n) is 6.26. The van der Waals surface area contributed by atoms with Crippen molar-refractivity contribution in [3.63, 3.8) is 0 Å². The molecule has 5 atom stereocenters. The highest BCUT2D eigenvalue weighted by Gasteiger charge is 2.71. The number of rotatable bonds is 3. The molecule has 0 aliphatic heterocycles. The number of nitrogens with two attached hydrogens (primary N) is 1. The minimum absolute atomic E-state index is 0.679. The van der Waals surface area contributed by atoms with Gasteiger partial charge in [-0.1, -0.05) is 27.7 Å². The van der Waals surface area contributed by atoms with Crippen molar-refractivity contribution in [1.82, 2.24) is 0 Å². The highest BCUT2D eigenvalue weighted by molar-refractivity contribution is 5.19. The molecular formula is C13H25N. The summed E-state index contributed by atoms with van der Waals surface area (Å²) in [5.41, 5.74) is 6.42. The standard InChI is InChI=1S/C13H25N/c1-8(2)13-10(4)12(13)9(3)7-11(13)5-6-14/h8-12H,5-7,14H2,1-4H3. The summed E-state index contributed by atoms with van der Waals surface area (Å²) < 4.78 is 0. The molecular weight excluding hydrogens is 170 g/mol. The van der Waals surface area contributed by atoms with Crippen LogP contribution >= 0.6 is 0 Å². The average molecular weight is 195 g/mol. The summed E-state index contributed by atoms with van der Waals surface area (Å²) in [5, 5.41) is 0. The SMILES string of the molecule is CC1CC(CCN)C2(C(C)C)C(C)C12. The van der Waals surface area contributed by atoms with E-state index in [1.54, 1.807) is 0 Å². The normalized spacial score (nSPS) is 51.0. The third-order valence-electron chi connectivity index (χ3n) is 5.29. The predicted octanol–water partition coefficient (Wildman–Crippen LogP) is 2.90. The molecule has 0 heterocycles. The van der Waals surface area contributed by atoms with Gasteiger partial charge < -0.3 is 5.73 Å². The van der Waals surface area contributed by atoms with Crippen LogP contribution in [0.5, 0.6) is 0 Å². The number of hydrogen-bond acceptors (Lipinski definition) is 1. The fourth-order valence-electron chi connectivity index (χ4n) is 5.03. The Morgan fingerprint density at radius 3 is 2.43 bits per heavy atom. The van der Waals surface area contributed by atoms with E-state index in [1.807, 2.05) is 0 Å². The molecule has 1 nitrogen and oxygen atoms in total. The van der Waals surface area contributed by atoms with Crippen LogP contribution < -0.4 is 5.73 Å². The summed E-state index contributed by atoms with van der Waals surface area (Å²) in [6.07, 6.45) is 2.69. The van der Waals surface area contributed by atoms with Crippen LogP contribution in [0.25, 0.3) is 0 Å². The molecule has 0 bridgehead atoms. The minimum Gasteiger partial charge on any atom is -0.330 e. The molecule has 0 amide bonds. The van der Waals surface area contributed by atoms with Crippen LogP contribution in [-0.2, 0) is 0 Å². The first kappa shape index (κ1) is 10.5. The zero-order valence-electron chi connectivity index (χ0n) is 10.1. The average Bonchev–Trinajstić information content (AvgIpc) is 2.59. The van der Waals surface area contributed by atoms with Crippen molar-refractivity contribution in [3.05, 3.63) is 0 Å². The molecule has 82 valence electrons. The Balaban J connectivity index is 2.19. The molecule has 0 aromatic carbocycles. The van der Waals surface area contributed by atoms with Gasteiger partial charge in [0.05, 0.1) is 0 Å². The van der Waals surface area contributed by atoms with E-state index >= 15 is 0 Å². The van der Waals surface area contributed by atoms with E-state index in [1.165, 1.54) is 12.8 Å². The van der Waals surface area contributed by atoms with Crippen LogP contribution in [0.3, 0.4) is 0 Å². The highest BCUT2D eigenvalue weighted by Crippen LogP contribution is 2.76. The Labute approximate surface area is 88.4 Å². The quantitative estimate of drug-likeness (QED) is 0.736. The molecule has 5 unspecified atom stereocenters. The van der Waals surface area contributed by atoms with Gasteiger partial charge in [-0.2, -0.15) is 0 Å². The summed E-state index contributed by atoms with van der Waals surface area (Å²) in [4.78, 5) is 0. The van der Waals surface area contributed by atoms with Crippen molar-refractivity contribution in [2.75, 3.05) is 6.54 Å². The van der Waals surface area contributed by atoms with Crippen LogP contribution in [0.15, 0.2) is 0 Å². The molecule has 0 radical (unpaired) electrons. The molecule has 2 aliphatic rings. The molecule has 2 rings (SSSR count). The first-order valence-corrected chi connectivity index (χ1v) is 6.26. The Hall–Kier alpha value is -0.0400. The van der Waals surface area contributed by atoms with Gasteiger partial charge in [0.15, 0.2) is 0 Å². The maximum absolute atomic E-state index is 5.74. The van der Waals surface area contributed by atoms with E-state index in [2.05, 4.69) is 27.7 Å². The number of fused-ring (bicyclic) bond motifs is 1. The van der Waals surface area contributed by atoms with Crippen LogP contribution in [0.1, 0.15) is 40.5 Å². The van der Waals surface area contributed by atoms with Gasteiger partial charge in [-0.3, -0.25) is 0 Å². The molecule has 2 fully saturated rings. The van der Waals surface area contributed by atoms with Gasteiger partial charge >= 0.3 is 0 Å². The Morgan fingerprint density at radius 2 is 2.00 bits per heavy atom. The van der Waals surface area contributed by atoms with Gasteiger partial charge in [-0.25, -0.2) is 0 Å². The Bertz CT molecular complexity index is 223. The summed E-state index contributed by atoms with van der Waals surface area (Å²) in [5.74, 6) is 4.69. The minimum atomic E-state index is 0.679. The highest BCUT2D eigenvalue weighted by atomic mass is 14.8. The maximum Gasteiger partial charge on any atom is -0.00744 e. The lowest BCUT2D eigenvalue weighted by Crippen LogP contribution is -2.24. The lowest BCUT2D eigenvalue weighted by atomic mass is 9.77. The van der Waals surface area contributed by atoms with E-state index in [0.717, 1.165) is 36.1 Å². The fraction of sp³-hybridized carbons (Fsp3) is 1.00. The van der Waals surface area contributed by atoms with Crippen molar-refractivity contribution in [1.29, 1.82) is 0 Å². The van der Waals surface area contributed by atoms with Gasteiger partial charge in [0.25, 0.3) is 0 Å². The van der Waals surface area contributed by atoms with Crippen molar-refractivity contribution < 1.29 is 0 Å². The summed E-state index contributed by atoms with van der Waals surface area (Å²) in [7, 11) is 0. The summed E-state index contributed by atoms with van der Waals surface area (Å²) in [6, 6.07) is 0. The Kier molecular flexibility index (Phi) is 2.42. The molecule has 0 aromatic heterocycles. The predicted molar refractivity (Wildman–Crippen MR) is 60.9 cm³/mol. The van der Waals surface area contributed by atoms with E-state index < -0.39 is 0 Å². The molecule has 2 aliphatic carbocycles. The Morgan fingerprint density at radius 1 is 1.36 bits per heavy atom. The molecule has 0 aromatic rings. The van der Waals surface area contributed by atoms with Crippen molar-refractivity contribution in [2.45, 2.75) is 40.5 Å². The van der Waals surface area contributed by atoms with Crippen LogP contribution in [0.2, 0.25) is 0 Å². The van der Waals surface area contributed by atoms with Gasteiger partial charge in [-0.05, 0) is 54.4 Å². The van der Waals surface area contributed by atoms with Crippen LogP contribution in [0.4, 0.5) is 0 Å². The second-order valence-electron chi connectivity index (χ2n) is 5.96. The van der Waals surface area contributed by atoms with Crippen molar-refractivity contribution in [2.24, 2.45) is 40.7 Å². The fourth-order valence-corrected chi connectivity index (χ4v) is 5.03. The van der Waals surface area contributed by atoms with Gasteiger partial charge in [0.1, 0.15) is 0 Å². The lowest BCUT2D eigenvalue weighted by Gasteiger charge is -2.28. The molecule has 0 saturated heterocycles. The second kappa shape index (κ2) is 3.23.